The van der Waals surface area contributed by atoms with Crippen LogP contribution in [-0.4, -0.2) is 38.0 Å². The predicted molar refractivity (Wildman–Crippen MR) is 88.2 cm³/mol. The maximum Gasteiger partial charge on any atom is 0.303 e. The third-order valence-corrected chi connectivity index (χ3v) is 5.18. The molecule has 1 amide bonds. The van der Waals surface area contributed by atoms with Crippen molar-refractivity contribution in [1.82, 2.24) is 10.0 Å². The average molecular weight is 354 g/mol. The van der Waals surface area contributed by atoms with Crippen LogP contribution in [0, 0.1) is 0 Å². The molecular formula is C16H22N2O5S. The number of hydrogen-bond donors (Lipinski definition) is 3. The van der Waals surface area contributed by atoms with Crippen LogP contribution in [0.15, 0.2) is 29.2 Å². The second-order valence-corrected chi connectivity index (χ2v) is 7.60. The van der Waals surface area contributed by atoms with Gasteiger partial charge in [-0.05, 0) is 43.9 Å². The van der Waals surface area contributed by atoms with Crippen LogP contribution in [-0.2, 0) is 14.8 Å². The SMILES string of the molecule is O=C(O)CCCCCNC(=O)c1cccc(S(=O)(=O)NC2CC2)c1. The van der Waals surface area contributed by atoms with Crippen molar-refractivity contribution < 1.29 is 23.1 Å². The summed E-state index contributed by atoms with van der Waals surface area (Å²) in [5.74, 6) is -1.16. The van der Waals surface area contributed by atoms with E-state index < -0.39 is 16.0 Å². The Bertz CT molecular complexity index is 698. The first kappa shape index (κ1) is 18.4. The van der Waals surface area contributed by atoms with Gasteiger partial charge in [0.15, 0.2) is 0 Å². The summed E-state index contributed by atoms with van der Waals surface area (Å²) >= 11 is 0. The number of nitrogens with one attached hydrogen (secondary N) is 2. The normalized spacial score (nSPS) is 14.3. The zero-order valence-corrected chi connectivity index (χ0v) is 14.1. The Labute approximate surface area is 141 Å². The molecule has 0 heterocycles. The minimum Gasteiger partial charge on any atom is -0.481 e. The number of rotatable bonds is 10. The molecule has 3 N–H and O–H groups in total. The number of amides is 1. The van der Waals surface area contributed by atoms with Crippen LogP contribution in [0.5, 0.6) is 0 Å². The van der Waals surface area contributed by atoms with E-state index in [9.17, 15) is 18.0 Å². The number of unbranched alkanes of at least 4 members (excludes halogenated alkanes) is 2. The lowest BCUT2D eigenvalue weighted by atomic mass is 10.2. The molecule has 24 heavy (non-hydrogen) atoms. The molecule has 8 heteroatoms. The van der Waals surface area contributed by atoms with E-state index >= 15 is 0 Å². The molecule has 2 rings (SSSR count). The Morgan fingerprint density at radius 2 is 1.92 bits per heavy atom. The largest absolute Gasteiger partial charge is 0.481 e. The molecule has 0 aliphatic heterocycles. The summed E-state index contributed by atoms with van der Waals surface area (Å²) in [5.41, 5.74) is 0.291. The number of carboxylic acids is 1. The van der Waals surface area contributed by atoms with Gasteiger partial charge >= 0.3 is 5.97 Å². The van der Waals surface area contributed by atoms with Gasteiger partial charge in [0.1, 0.15) is 0 Å². The van der Waals surface area contributed by atoms with Crippen molar-refractivity contribution in [2.45, 2.75) is 49.5 Å². The van der Waals surface area contributed by atoms with Crippen LogP contribution in [0.1, 0.15) is 48.9 Å². The number of carbonyl (C=O) groups excluding carboxylic acids is 1. The van der Waals surface area contributed by atoms with Crippen LogP contribution < -0.4 is 10.0 Å². The molecule has 1 saturated carbocycles. The van der Waals surface area contributed by atoms with E-state index in [1.807, 2.05) is 0 Å². The van der Waals surface area contributed by atoms with Crippen LogP contribution in [0.3, 0.4) is 0 Å². The molecule has 1 aliphatic carbocycles. The van der Waals surface area contributed by atoms with Gasteiger partial charge in [0.05, 0.1) is 4.90 Å². The molecule has 0 aromatic heterocycles. The quantitative estimate of drug-likeness (QED) is 0.551. The molecule has 0 unspecified atom stereocenters. The Hall–Kier alpha value is -1.93. The van der Waals surface area contributed by atoms with Crippen molar-refractivity contribution in [2.24, 2.45) is 0 Å². The summed E-state index contributed by atoms with van der Waals surface area (Å²) in [7, 11) is -3.58. The summed E-state index contributed by atoms with van der Waals surface area (Å²) in [6.07, 6.45) is 3.79. The summed E-state index contributed by atoms with van der Waals surface area (Å²) in [6.45, 7) is 0.426. The van der Waals surface area contributed by atoms with E-state index in [0.717, 1.165) is 12.8 Å². The number of benzene rings is 1. The number of hydrogen-bond acceptors (Lipinski definition) is 4. The van der Waals surface area contributed by atoms with Crippen molar-refractivity contribution in [1.29, 1.82) is 0 Å². The Morgan fingerprint density at radius 3 is 2.58 bits per heavy atom. The van der Waals surface area contributed by atoms with Crippen LogP contribution in [0.4, 0.5) is 0 Å². The number of carboxylic acid groups (broad SMARTS) is 1. The molecule has 0 radical (unpaired) electrons. The second kappa shape index (κ2) is 8.25. The van der Waals surface area contributed by atoms with E-state index in [1.165, 1.54) is 12.1 Å². The highest BCUT2D eigenvalue weighted by molar-refractivity contribution is 7.89. The Morgan fingerprint density at radius 1 is 1.17 bits per heavy atom. The Balaban J connectivity index is 1.84. The zero-order valence-electron chi connectivity index (χ0n) is 13.3. The van der Waals surface area contributed by atoms with Gasteiger partial charge in [-0.3, -0.25) is 9.59 Å². The van der Waals surface area contributed by atoms with E-state index in [0.29, 0.717) is 31.4 Å². The fourth-order valence-electron chi connectivity index (χ4n) is 2.18. The standard InChI is InChI=1S/C16H22N2O5S/c19-15(20)7-2-1-3-10-17-16(21)12-5-4-6-14(11-12)24(22,23)18-13-8-9-13/h4-6,11,13,18H,1-3,7-10H2,(H,17,21)(H,19,20). The van der Waals surface area contributed by atoms with Crippen LogP contribution in [0.25, 0.3) is 0 Å². The van der Waals surface area contributed by atoms with Crippen LogP contribution >= 0.6 is 0 Å². The van der Waals surface area contributed by atoms with Gasteiger partial charge in [0.25, 0.3) is 5.91 Å². The van der Waals surface area contributed by atoms with Crippen molar-refractivity contribution in [3.05, 3.63) is 29.8 Å². The van der Waals surface area contributed by atoms with Gasteiger partial charge in [-0.2, -0.15) is 0 Å². The molecule has 1 fully saturated rings. The highest BCUT2D eigenvalue weighted by Gasteiger charge is 2.28. The predicted octanol–water partition coefficient (Wildman–Crippen LogP) is 1.50. The number of carbonyl (C=O) groups is 2. The van der Waals surface area contributed by atoms with Gasteiger partial charge < -0.3 is 10.4 Å². The highest BCUT2D eigenvalue weighted by atomic mass is 32.2. The monoisotopic (exact) mass is 354 g/mol. The first-order chi connectivity index (χ1) is 11.4. The van der Waals surface area contributed by atoms with Gasteiger partial charge in [0, 0.05) is 24.6 Å². The molecule has 0 atom stereocenters. The molecule has 0 bridgehead atoms. The molecule has 7 nitrogen and oxygen atoms in total. The third-order valence-electron chi connectivity index (χ3n) is 3.66. The van der Waals surface area contributed by atoms with Gasteiger partial charge in [-0.15, -0.1) is 0 Å². The van der Waals surface area contributed by atoms with E-state index in [1.54, 1.807) is 12.1 Å². The Kier molecular flexibility index (Phi) is 6.33. The average Bonchev–Trinajstić information content (AvgIpc) is 3.33. The third kappa shape index (κ3) is 5.93. The maximum atomic E-state index is 12.2. The van der Waals surface area contributed by atoms with E-state index in [2.05, 4.69) is 10.0 Å². The lowest BCUT2D eigenvalue weighted by Gasteiger charge is -2.08. The van der Waals surface area contributed by atoms with Crippen molar-refractivity contribution >= 4 is 21.9 Å². The summed E-state index contributed by atoms with van der Waals surface area (Å²) in [6, 6.07) is 5.95. The number of sulfonamides is 1. The van der Waals surface area contributed by atoms with Gasteiger partial charge in [-0.1, -0.05) is 12.5 Å². The second-order valence-electron chi connectivity index (χ2n) is 5.88. The topological polar surface area (TPSA) is 113 Å². The molecule has 132 valence electrons. The maximum absolute atomic E-state index is 12.2. The van der Waals surface area contributed by atoms with E-state index in [4.69, 9.17) is 5.11 Å². The minimum absolute atomic E-state index is 0.0123. The molecule has 1 aliphatic rings. The lowest BCUT2D eigenvalue weighted by molar-refractivity contribution is -0.137. The minimum atomic E-state index is -3.58. The summed E-state index contributed by atoms with van der Waals surface area (Å²) in [5, 5.41) is 11.3. The molecule has 0 saturated heterocycles. The van der Waals surface area contributed by atoms with Crippen molar-refractivity contribution in [3.8, 4) is 0 Å². The van der Waals surface area contributed by atoms with Crippen molar-refractivity contribution in [3.63, 3.8) is 0 Å². The first-order valence-corrected chi connectivity index (χ1v) is 9.49. The van der Waals surface area contributed by atoms with Gasteiger partial charge in [-0.25, -0.2) is 13.1 Å². The zero-order chi connectivity index (χ0) is 17.6. The summed E-state index contributed by atoms with van der Waals surface area (Å²) in [4.78, 5) is 22.6. The van der Waals surface area contributed by atoms with E-state index in [-0.39, 0.29) is 23.3 Å². The fourth-order valence-corrected chi connectivity index (χ4v) is 3.53. The van der Waals surface area contributed by atoms with Gasteiger partial charge in [0.2, 0.25) is 10.0 Å². The smallest absolute Gasteiger partial charge is 0.303 e. The first-order valence-electron chi connectivity index (χ1n) is 8.01. The van der Waals surface area contributed by atoms with Crippen molar-refractivity contribution in [2.75, 3.05) is 6.54 Å². The molecule has 0 spiro atoms. The number of aliphatic carboxylic acids is 1. The molecule has 1 aromatic rings. The van der Waals surface area contributed by atoms with Crippen LogP contribution in [0.2, 0.25) is 0 Å². The molecular weight excluding hydrogens is 332 g/mol. The highest BCUT2D eigenvalue weighted by Crippen LogP contribution is 2.22. The fraction of sp³-hybridized carbons (Fsp3) is 0.500. The molecule has 1 aromatic carbocycles. The summed E-state index contributed by atoms with van der Waals surface area (Å²) < 4.78 is 26.9. The lowest BCUT2D eigenvalue weighted by Crippen LogP contribution is -2.27.